The van der Waals surface area contributed by atoms with Crippen molar-refractivity contribution in [2.45, 2.75) is 26.9 Å². The summed E-state index contributed by atoms with van der Waals surface area (Å²) in [7, 11) is 1.58. The van der Waals surface area contributed by atoms with Crippen molar-refractivity contribution in [3.05, 3.63) is 64.9 Å². The van der Waals surface area contributed by atoms with E-state index < -0.39 is 5.97 Å². The summed E-state index contributed by atoms with van der Waals surface area (Å²) in [6, 6.07) is 13.1. The van der Waals surface area contributed by atoms with Crippen molar-refractivity contribution < 1.29 is 19.0 Å². The Bertz CT molecular complexity index is 879. The lowest BCUT2D eigenvalue weighted by Crippen LogP contribution is -2.06. The summed E-state index contributed by atoms with van der Waals surface area (Å²) >= 11 is 0. The first-order valence-electron chi connectivity index (χ1n) is 8.40. The number of nitrogens with zero attached hydrogens (tertiary/aromatic N) is 1. The molecule has 5 nitrogen and oxygen atoms in total. The monoisotopic (exact) mass is 351 g/mol. The van der Waals surface area contributed by atoms with Gasteiger partial charge in [-0.25, -0.2) is 9.79 Å². The minimum atomic E-state index is -0.470. The minimum absolute atomic E-state index is 0.0413. The molecule has 1 heterocycles. The molecule has 0 unspecified atom stereocenters. The molecule has 5 heteroatoms. The van der Waals surface area contributed by atoms with E-state index in [1.165, 1.54) is 0 Å². The van der Waals surface area contributed by atoms with Crippen LogP contribution in [0.15, 0.2) is 53.2 Å². The van der Waals surface area contributed by atoms with E-state index in [9.17, 15) is 4.79 Å². The predicted molar refractivity (Wildman–Crippen MR) is 101 cm³/mol. The van der Waals surface area contributed by atoms with E-state index in [0.29, 0.717) is 17.4 Å². The van der Waals surface area contributed by atoms with Crippen molar-refractivity contribution in [2.75, 3.05) is 7.11 Å². The van der Waals surface area contributed by atoms with Gasteiger partial charge in [-0.05, 0) is 56.7 Å². The molecule has 134 valence electrons. The molecule has 1 aliphatic rings. The number of aryl methyl sites for hydroxylation is 1. The van der Waals surface area contributed by atoms with Crippen LogP contribution in [0.5, 0.6) is 11.5 Å². The van der Waals surface area contributed by atoms with Crippen molar-refractivity contribution in [1.29, 1.82) is 0 Å². The summed E-state index contributed by atoms with van der Waals surface area (Å²) < 4.78 is 16.4. The molecule has 0 saturated heterocycles. The normalized spacial score (nSPS) is 15.2. The number of rotatable bonds is 5. The Kier molecular flexibility index (Phi) is 5.07. The van der Waals surface area contributed by atoms with Gasteiger partial charge in [0.25, 0.3) is 0 Å². The number of aliphatic imine (C=N–C) groups is 1. The van der Waals surface area contributed by atoms with Crippen molar-refractivity contribution in [1.82, 2.24) is 0 Å². The highest BCUT2D eigenvalue weighted by Gasteiger charge is 2.24. The Labute approximate surface area is 152 Å². The number of carbonyl (C=O) groups excluding carboxylic acids is 1. The first kappa shape index (κ1) is 17.7. The van der Waals surface area contributed by atoms with Crippen LogP contribution in [0.25, 0.3) is 6.08 Å². The number of hydrogen-bond donors (Lipinski definition) is 0. The predicted octanol–water partition coefficient (Wildman–Crippen LogP) is 4.14. The number of methoxy groups -OCH3 is 1. The maximum atomic E-state index is 12.1. The lowest BCUT2D eigenvalue weighted by Gasteiger charge is -2.13. The first-order chi connectivity index (χ1) is 12.5. The van der Waals surface area contributed by atoms with Crippen LogP contribution in [-0.2, 0) is 9.53 Å². The molecule has 0 saturated carbocycles. The second kappa shape index (κ2) is 7.44. The molecule has 0 N–H and O–H groups in total. The second-order valence-corrected chi connectivity index (χ2v) is 6.28. The van der Waals surface area contributed by atoms with Crippen LogP contribution in [0.2, 0.25) is 0 Å². The smallest absolute Gasteiger partial charge is 0.363 e. The zero-order chi connectivity index (χ0) is 18.7. The van der Waals surface area contributed by atoms with Gasteiger partial charge in [0, 0.05) is 5.56 Å². The van der Waals surface area contributed by atoms with Gasteiger partial charge in [-0.2, -0.15) is 0 Å². The van der Waals surface area contributed by atoms with E-state index in [1.54, 1.807) is 19.3 Å². The van der Waals surface area contributed by atoms with Crippen molar-refractivity contribution in [3.8, 4) is 11.5 Å². The number of cyclic esters (lactones) is 1. The number of ether oxygens (including phenoxy) is 3. The van der Waals surface area contributed by atoms with E-state index in [4.69, 9.17) is 14.2 Å². The molecule has 0 radical (unpaired) electrons. The highest BCUT2D eigenvalue weighted by atomic mass is 16.6. The maximum absolute atomic E-state index is 12.1. The van der Waals surface area contributed by atoms with Gasteiger partial charge in [0.05, 0.1) is 13.2 Å². The molecule has 0 aromatic heterocycles. The van der Waals surface area contributed by atoms with Crippen LogP contribution in [0.4, 0.5) is 0 Å². The molecule has 0 spiro atoms. The SMILES string of the molecule is COc1cc(C=C2N=C(c3ccc(C)cc3)OC2=O)ccc1OC(C)C. The summed E-state index contributed by atoms with van der Waals surface area (Å²) in [6.45, 7) is 5.90. The Morgan fingerprint density at radius 3 is 2.46 bits per heavy atom. The largest absolute Gasteiger partial charge is 0.493 e. The van der Waals surface area contributed by atoms with Crippen LogP contribution in [0, 0.1) is 6.92 Å². The summed E-state index contributed by atoms with van der Waals surface area (Å²) in [5, 5.41) is 0. The maximum Gasteiger partial charge on any atom is 0.363 e. The van der Waals surface area contributed by atoms with Crippen LogP contribution in [0.1, 0.15) is 30.5 Å². The Morgan fingerprint density at radius 1 is 1.08 bits per heavy atom. The van der Waals surface area contributed by atoms with Gasteiger partial charge in [0.15, 0.2) is 17.2 Å². The van der Waals surface area contributed by atoms with Gasteiger partial charge in [0.1, 0.15) is 0 Å². The van der Waals surface area contributed by atoms with Gasteiger partial charge in [-0.15, -0.1) is 0 Å². The lowest BCUT2D eigenvalue weighted by atomic mass is 10.1. The average molecular weight is 351 g/mol. The summed E-state index contributed by atoms with van der Waals surface area (Å²) in [4.78, 5) is 16.5. The fourth-order valence-electron chi connectivity index (χ4n) is 2.51. The quantitative estimate of drug-likeness (QED) is 0.600. The highest BCUT2D eigenvalue weighted by Crippen LogP contribution is 2.30. The lowest BCUT2D eigenvalue weighted by molar-refractivity contribution is -0.129. The Hall–Kier alpha value is -3.08. The second-order valence-electron chi connectivity index (χ2n) is 6.28. The minimum Gasteiger partial charge on any atom is -0.493 e. The molecular formula is C21H21NO4. The number of esters is 1. The molecular weight excluding hydrogens is 330 g/mol. The van der Waals surface area contributed by atoms with Gasteiger partial charge >= 0.3 is 5.97 Å². The van der Waals surface area contributed by atoms with Gasteiger partial charge in [-0.3, -0.25) is 0 Å². The topological polar surface area (TPSA) is 57.1 Å². The number of hydrogen-bond acceptors (Lipinski definition) is 5. The van der Waals surface area contributed by atoms with Crippen LogP contribution < -0.4 is 9.47 Å². The third-order valence-electron chi connectivity index (χ3n) is 3.77. The van der Waals surface area contributed by atoms with Crippen molar-refractivity contribution in [2.24, 2.45) is 4.99 Å². The molecule has 0 amide bonds. The van der Waals surface area contributed by atoms with Crippen LogP contribution in [0.3, 0.4) is 0 Å². The zero-order valence-electron chi connectivity index (χ0n) is 15.3. The highest BCUT2D eigenvalue weighted by molar-refractivity contribution is 6.12. The Balaban J connectivity index is 1.89. The fraction of sp³-hybridized carbons (Fsp3) is 0.238. The van der Waals surface area contributed by atoms with E-state index in [1.807, 2.05) is 57.2 Å². The van der Waals surface area contributed by atoms with Crippen molar-refractivity contribution >= 4 is 17.9 Å². The molecule has 2 aromatic rings. The number of benzene rings is 2. The summed E-state index contributed by atoms with van der Waals surface area (Å²) in [5.41, 5.74) is 2.93. The van der Waals surface area contributed by atoms with Gasteiger partial charge < -0.3 is 14.2 Å². The average Bonchev–Trinajstić information content (AvgIpc) is 2.97. The standard InChI is InChI=1S/C21H21NO4/c1-13(2)25-18-10-7-15(12-19(18)24-4)11-17-21(23)26-20(22-17)16-8-5-14(3)6-9-16/h5-13H,1-4H3. The fourth-order valence-corrected chi connectivity index (χ4v) is 2.51. The van der Waals surface area contributed by atoms with E-state index >= 15 is 0 Å². The molecule has 1 aliphatic heterocycles. The summed E-state index contributed by atoms with van der Waals surface area (Å²) in [6.07, 6.45) is 1.71. The third kappa shape index (κ3) is 3.94. The molecule has 2 aromatic carbocycles. The number of carbonyl (C=O) groups is 1. The van der Waals surface area contributed by atoms with E-state index in [-0.39, 0.29) is 11.8 Å². The molecule has 3 rings (SSSR count). The van der Waals surface area contributed by atoms with Gasteiger partial charge in [-0.1, -0.05) is 23.8 Å². The van der Waals surface area contributed by atoms with E-state index in [0.717, 1.165) is 16.7 Å². The Morgan fingerprint density at radius 2 is 1.81 bits per heavy atom. The third-order valence-corrected chi connectivity index (χ3v) is 3.77. The van der Waals surface area contributed by atoms with Crippen LogP contribution in [-0.4, -0.2) is 25.1 Å². The van der Waals surface area contributed by atoms with E-state index in [2.05, 4.69) is 4.99 Å². The molecule has 0 bridgehead atoms. The molecule has 0 aliphatic carbocycles. The first-order valence-corrected chi connectivity index (χ1v) is 8.40. The van der Waals surface area contributed by atoms with Crippen LogP contribution >= 0.6 is 0 Å². The zero-order valence-corrected chi connectivity index (χ0v) is 15.3. The molecule has 0 fully saturated rings. The molecule has 26 heavy (non-hydrogen) atoms. The van der Waals surface area contributed by atoms with Gasteiger partial charge in [0.2, 0.25) is 5.90 Å². The van der Waals surface area contributed by atoms with Crippen molar-refractivity contribution in [3.63, 3.8) is 0 Å². The summed E-state index contributed by atoms with van der Waals surface area (Å²) in [5.74, 6) is 1.10. The molecule has 0 atom stereocenters.